The standard InChI is InChI=1S/C4H3NO2Se/c6-4(7)3-1-2-5-8-3/h1-2H,(H,6,7). The van der Waals surface area contributed by atoms with Gasteiger partial charge in [0.15, 0.2) is 0 Å². The third kappa shape index (κ3) is 0.966. The summed E-state index contributed by atoms with van der Waals surface area (Å²) in [6, 6.07) is 1.53. The fourth-order valence-corrected chi connectivity index (χ4v) is 1.24. The van der Waals surface area contributed by atoms with Crippen molar-refractivity contribution in [3.05, 3.63) is 16.7 Å². The third-order valence-corrected chi connectivity index (χ3v) is 2.19. The summed E-state index contributed by atoms with van der Waals surface area (Å²) in [6.45, 7) is 0. The monoisotopic (exact) mass is 177 g/mol. The molecule has 0 atom stereocenters. The van der Waals surface area contributed by atoms with E-state index in [2.05, 4.69) is 3.98 Å². The molecule has 0 radical (unpaired) electrons. The van der Waals surface area contributed by atoms with E-state index in [0.717, 1.165) is 0 Å². The molecule has 1 N–H and O–H groups in total. The molecule has 0 bridgehead atoms. The van der Waals surface area contributed by atoms with Gasteiger partial charge >= 0.3 is 51.3 Å². The Bertz CT molecular complexity index is 182. The number of nitrogens with zero attached hydrogens (tertiary/aromatic N) is 1. The van der Waals surface area contributed by atoms with Crippen LogP contribution in [0.5, 0.6) is 0 Å². The molecule has 8 heavy (non-hydrogen) atoms. The second kappa shape index (κ2) is 2.11. The van der Waals surface area contributed by atoms with Gasteiger partial charge in [0.1, 0.15) is 0 Å². The van der Waals surface area contributed by atoms with Gasteiger partial charge in [0.05, 0.1) is 0 Å². The van der Waals surface area contributed by atoms with Crippen molar-refractivity contribution in [2.24, 2.45) is 0 Å². The molecule has 0 saturated carbocycles. The Morgan fingerprint density at radius 2 is 2.62 bits per heavy atom. The number of aromatic nitrogens is 1. The van der Waals surface area contributed by atoms with E-state index < -0.39 is 5.97 Å². The number of hydrogen-bond donors (Lipinski definition) is 1. The van der Waals surface area contributed by atoms with E-state index in [-0.39, 0.29) is 14.7 Å². The van der Waals surface area contributed by atoms with Crippen molar-refractivity contribution in [1.82, 2.24) is 3.98 Å². The van der Waals surface area contributed by atoms with E-state index in [1.54, 1.807) is 0 Å². The Kier molecular flexibility index (Phi) is 1.46. The molecular formula is C4H3NO2Se. The van der Waals surface area contributed by atoms with Crippen molar-refractivity contribution < 1.29 is 9.90 Å². The zero-order valence-corrected chi connectivity index (χ0v) is 5.58. The van der Waals surface area contributed by atoms with Crippen molar-refractivity contribution >= 4 is 20.7 Å². The summed E-state index contributed by atoms with van der Waals surface area (Å²) in [5, 5.41) is 8.28. The fraction of sp³-hybridized carbons (Fsp3) is 0. The Labute approximate surface area is 51.9 Å². The van der Waals surface area contributed by atoms with Crippen molar-refractivity contribution in [1.29, 1.82) is 0 Å². The van der Waals surface area contributed by atoms with Crippen LogP contribution in [0.25, 0.3) is 0 Å². The molecule has 4 heteroatoms. The second-order valence-corrected chi connectivity index (χ2v) is 2.93. The molecule has 0 aromatic carbocycles. The molecule has 0 aliphatic carbocycles. The van der Waals surface area contributed by atoms with Crippen LogP contribution >= 0.6 is 0 Å². The van der Waals surface area contributed by atoms with Crippen LogP contribution < -0.4 is 0 Å². The van der Waals surface area contributed by atoms with Crippen molar-refractivity contribution in [3.63, 3.8) is 0 Å². The SMILES string of the molecule is O=C(O)c1ccn[se]1. The average Bonchev–Trinajstić information content (AvgIpc) is 2.12. The van der Waals surface area contributed by atoms with Gasteiger partial charge in [-0.05, 0) is 0 Å². The summed E-state index contributed by atoms with van der Waals surface area (Å²) in [6.07, 6.45) is 1.53. The van der Waals surface area contributed by atoms with Gasteiger partial charge in [0.2, 0.25) is 0 Å². The van der Waals surface area contributed by atoms with Crippen molar-refractivity contribution in [3.8, 4) is 0 Å². The van der Waals surface area contributed by atoms with Crippen LogP contribution in [-0.2, 0) is 0 Å². The molecule has 1 aromatic heterocycles. The van der Waals surface area contributed by atoms with Gasteiger partial charge in [-0.3, -0.25) is 0 Å². The van der Waals surface area contributed by atoms with Gasteiger partial charge in [-0.15, -0.1) is 0 Å². The molecule has 0 amide bonds. The molecule has 0 aliphatic rings. The molecule has 0 aliphatic heterocycles. The van der Waals surface area contributed by atoms with Gasteiger partial charge in [0.25, 0.3) is 0 Å². The average molecular weight is 176 g/mol. The van der Waals surface area contributed by atoms with Crippen LogP contribution in [0.15, 0.2) is 12.3 Å². The van der Waals surface area contributed by atoms with E-state index in [4.69, 9.17) is 5.11 Å². The number of hydrogen-bond acceptors (Lipinski definition) is 2. The topological polar surface area (TPSA) is 50.2 Å². The van der Waals surface area contributed by atoms with Crippen LogP contribution in [0, 0.1) is 0 Å². The van der Waals surface area contributed by atoms with Crippen molar-refractivity contribution in [2.45, 2.75) is 0 Å². The van der Waals surface area contributed by atoms with E-state index >= 15 is 0 Å². The molecule has 1 heterocycles. The van der Waals surface area contributed by atoms with Gasteiger partial charge < -0.3 is 0 Å². The van der Waals surface area contributed by atoms with Crippen LogP contribution in [0.4, 0.5) is 0 Å². The van der Waals surface area contributed by atoms with E-state index in [1.807, 2.05) is 0 Å². The zero-order valence-electron chi connectivity index (χ0n) is 3.87. The van der Waals surface area contributed by atoms with Gasteiger partial charge in [-0.25, -0.2) is 0 Å². The molecule has 0 spiro atoms. The van der Waals surface area contributed by atoms with Crippen LogP contribution in [0.2, 0.25) is 0 Å². The molecule has 0 fully saturated rings. The predicted molar refractivity (Wildman–Crippen MR) is 28.1 cm³/mol. The van der Waals surface area contributed by atoms with Crippen LogP contribution in [0.3, 0.4) is 0 Å². The Hall–Kier alpha value is -0.601. The summed E-state index contributed by atoms with van der Waals surface area (Å²) in [5.41, 5.74) is 0. The number of carbonyl (C=O) groups is 1. The van der Waals surface area contributed by atoms with Gasteiger partial charge in [-0.1, -0.05) is 0 Å². The molecule has 0 unspecified atom stereocenters. The zero-order chi connectivity index (χ0) is 5.98. The molecule has 0 saturated heterocycles. The van der Waals surface area contributed by atoms with Crippen LogP contribution in [0.1, 0.15) is 9.23 Å². The normalized spacial score (nSPS) is 9.00. The van der Waals surface area contributed by atoms with E-state index in [9.17, 15) is 4.79 Å². The molecular weight excluding hydrogens is 173 g/mol. The summed E-state index contributed by atoms with van der Waals surface area (Å²) >= 11 is -0.161. The summed E-state index contributed by atoms with van der Waals surface area (Å²) in [7, 11) is 0. The van der Waals surface area contributed by atoms with E-state index in [1.165, 1.54) is 12.3 Å². The first kappa shape index (κ1) is 5.53. The van der Waals surface area contributed by atoms with E-state index in [0.29, 0.717) is 4.44 Å². The molecule has 42 valence electrons. The maximum atomic E-state index is 10.1. The Balaban J connectivity index is 2.93. The van der Waals surface area contributed by atoms with Crippen LogP contribution in [-0.4, -0.2) is 29.8 Å². The first-order chi connectivity index (χ1) is 3.80. The number of aromatic carboxylic acids is 1. The first-order valence-electron chi connectivity index (χ1n) is 1.94. The predicted octanol–water partition coefficient (Wildman–Crippen LogP) is -0.163. The summed E-state index contributed by atoms with van der Waals surface area (Å²) in [4.78, 5) is 10.1. The van der Waals surface area contributed by atoms with Gasteiger partial charge in [0, 0.05) is 0 Å². The molecule has 1 rings (SSSR count). The minimum atomic E-state index is -0.845. The molecule has 1 aromatic rings. The Morgan fingerprint density at radius 1 is 1.88 bits per heavy atom. The quantitative estimate of drug-likeness (QED) is 0.604. The number of carboxylic acid groups (broad SMARTS) is 1. The fourth-order valence-electron chi connectivity index (χ4n) is 0.326. The van der Waals surface area contributed by atoms with Crippen molar-refractivity contribution in [2.75, 3.05) is 0 Å². The minimum absolute atomic E-state index is 0.161. The Morgan fingerprint density at radius 3 is 2.88 bits per heavy atom. The first-order valence-corrected chi connectivity index (χ1v) is 3.57. The second-order valence-electron chi connectivity index (χ2n) is 1.18. The summed E-state index contributed by atoms with van der Waals surface area (Å²) in [5.74, 6) is -0.845. The maximum absolute atomic E-state index is 10.1. The summed E-state index contributed by atoms with van der Waals surface area (Å²) < 4.78 is 4.18. The number of carboxylic acids is 1. The molecule has 3 nitrogen and oxygen atoms in total. The van der Waals surface area contributed by atoms with Gasteiger partial charge in [-0.2, -0.15) is 0 Å². The third-order valence-electron chi connectivity index (χ3n) is 0.649. The number of rotatable bonds is 1.